The molecule has 0 saturated heterocycles. The fourth-order valence-electron chi connectivity index (χ4n) is 2.74. The highest BCUT2D eigenvalue weighted by Gasteiger charge is 2.33. The quantitative estimate of drug-likeness (QED) is 0.166. The summed E-state index contributed by atoms with van der Waals surface area (Å²) in [6.45, 7) is 7.96. The molecule has 8 N–H and O–H groups in total. The number of hydrogen-bond donors (Lipinski definition) is 7. The zero-order chi connectivity index (χ0) is 25.2. The van der Waals surface area contributed by atoms with E-state index in [2.05, 4.69) is 16.0 Å². The highest BCUT2D eigenvalue weighted by atomic mass is 16.4. The number of carboxylic acids is 2. The van der Waals surface area contributed by atoms with E-state index in [9.17, 15) is 34.2 Å². The minimum absolute atomic E-state index is 0.286. The molecule has 0 fully saturated rings. The summed E-state index contributed by atoms with van der Waals surface area (Å²) in [4.78, 5) is 60.2. The number of nitrogens with two attached hydrogens (primary N) is 1. The number of aliphatic carboxylic acids is 2. The molecule has 0 heterocycles. The highest BCUT2D eigenvalue weighted by Crippen LogP contribution is 2.11. The Balaban J connectivity index is 5.63. The smallest absolute Gasteiger partial charge is 0.326 e. The summed E-state index contributed by atoms with van der Waals surface area (Å²) in [5.41, 5.74) is 5.61. The van der Waals surface area contributed by atoms with Crippen LogP contribution < -0.4 is 21.7 Å². The van der Waals surface area contributed by atoms with Gasteiger partial charge < -0.3 is 37.0 Å². The third kappa shape index (κ3) is 9.60. The van der Waals surface area contributed by atoms with Crippen molar-refractivity contribution in [3.05, 3.63) is 0 Å². The monoisotopic (exact) mass is 460 g/mol. The van der Waals surface area contributed by atoms with E-state index in [0.717, 1.165) is 0 Å². The van der Waals surface area contributed by atoms with Crippen LogP contribution in [0, 0.1) is 11.8 Å². The molecule has 0 bridgehead atoms. The van der Waals surface area contributed by atoms with Gasteiger partial charge in [0.1, 0.15) is 24.2 Å². The van der Waals surface area contributed by atoms with Crippen molar-refractivity contribution in [2.45, 2.75) is 84.2 Å². The van der Waals surface area contributed by atoms with Gasteiger partial charge in [0.2, 0.25) is 17.7 Å². The van der Waals surface area contributed by atoms with Gasteiger partial charge >= 0.3 is 11.9 Å². The molecule has 0 aliphatic rings. The van der Waals surface area contributed by atoms with Gasteiger partial charge in [0.15, 0.2) is 0 Å². The maximum Gasteiger partial charge on any atom is 0.326 e. The van der Waals surface area contributed by atoms with E-state index in [-0.39, 0.29) is 12.3 Å². The summed E-state index contributed by atoms with van der Waals surface area (Å²) in [7, 11) is 0. The van der Waals surface area contributed by atoms with Gasteiger partial charge in [0.25, 0.3) is 0 Å². The van der Waals surface area contributed by atoms with E-state index in [1.165, 1.54) is 6.92 Å². The van der Waals surface area contributed by atoms with Crippen LogP contribution in [0.3, 0.4) is 0 Å². The summed E-state index contributed by atoms with van der Waals surface area (Å²) in [6.07, 6.45) is -1.42. The van der Waals surface area contributed by atoms with Gasteiger partial charge in [0, 0.05) is 6.42 Å². The van der Waals surface area contributed by atoms with Crippen LogP contribution in [-0.4, -0.2) is 75.3 Å². The molecule has 32 heavy (non-hydrogen) atoms. The molecule has 0 saturated carbocycles. The van der Waals surface area contributed by atoms with E-state index in [4.69, 9.17) is 10.8 Å². The third-order valence-electron chi connectivity index (χ3n) is 5.13. The molecule has 0 aromatic heterocycles. The number of nitrogens with one attached hydrogen (secondary N) is 3. The number of amides is 3. The van der Waals surface area contributed by atoms with Crippen LogP contribution >= 0.6 is 0 Å². The van der Waals surface area contributed by atoms with Gasteiger partial charge in [-0.25, -0.2) is 4.79 Å². The van der Waals surface area contributed by atoms with Gasteiger partial charge in [-0.05, 0) is 25.2 Å². The molecule has 0 aromatic carbocycles. The second-order valence-electron chi connectivity index (χ2n) is 8.20. The van der Waals surface area contributed by atoms with Crippen LogP contribution in [0.1, 0.15) is 53.9 Å². The summed E-state index contributed by atoms with van der Waals surface area (Å²) in [5.74, 6) is -5.69. The van der Waals surface area contributed by atoms with Crippen molar-refractivity contribution in [3.8, 4) is 0 Å². The van der Waals surface area contributed by atoms with Crippen molar-refractivity contribution >= 4 is 29.7 Å². The third-order valence-corrected chi connectivity index (χ3v) is 5.13. The lowest BCUT2D eigenvalue weighted by atomic mass is 9.96. The molecule has 6 atom stereocenters. The largest absolute Gasteiger partial charge is 0.481 e. The zero-order valence-electron chi connectivity index (χ0n) is 19.1. The van der Waals surface area contributed by atoms with Crippen LogP contribution in [0.2, 0.25) is 0 Å². The number of hydrogen-bond acceptors (Lipinski definition) is 7. The van der Waals surface area contributed by atoms with Crippen molar-refractivity contribution in [2.24, 2.45) is 17.6 Å². The Morgan fingerprint density at radius 1 is 0.844 bits per heavy atom. The second-order valence-corrected chi connectivity index (χ2v) is 8.20. The fraction of sp³-hybridized carbons (Fsp3) is 0.750. The van der Waals surface area contributed by atoms with Crippen molar-refractivity contribution in [3.63, 3.8) is 0 Å². The number of carbonyl (C=O) groups excluding carboxylic acids is 3. The SMILES string of the molecule is CCC(C)C(NC(=O)C(N)C(C)O)C(=O)NC(CCC(=O)O)C(=O)NC(C(=O)O)C(C)C. The average molecular weight is 461 g/mol. The Kier molecular flexibility index (Phi) is 12.5. The molecule has 0 radical (unpaired) electrons. The maximum atomic E-state index is 12.9. The van der Waals surface area contributed by atoms with E-state index < -0.39 is 72.3 Å². The van der Waals surface area contributed by atoms with E-state index in [1.807, 2.05) is 0 Å². The van der Waals surface area contributed by atoms with Gasteiger partial charge in [0.05, 0.1) is 6.10 Å². The number of carboxylic acid groups (broad SMARTS) is 2. The predicted octanol–water partition coefficient (Wildman–Crippen LogP) is -1.20. The normalized spacial score (nSPS) is 16.8. The molecule has 0 aromatic rings. The first kappa shape index (κ1) is 29.3. The minimum Gasteiger partial charge on any atom is -0.481 e. The van der Waals surface area contributed by atoms with Crippen LogP contribution in [0.15, 0.2) is 0 Å². The molecule has 184 valence electrons. The summed E-state index contributed by atoms with van der Waals surface area (Å²) < 4.78 is 0. The summed E-state index contributed by atoms with van der Waals surface area (Å²) >= 11 is 0. The van der Waals surface area contributed by atoms with E-state index >= 15 is 0 Å². The molecule has 6 unspecified atom stereocenters. The standard InChI is InChI=1S/C20H36N4O8/c1-6-10(4)16(24-18(29)14(21)11(5)25)19(30)22-12(7-8-13(26)27)17(28)23-15(9(2)3)20(31)32/h9-12,14-16,25H,6-8,21H2,1-5H3,(H,22,30)(H,23,28)(H,24,29)(H,26,27)(H,31,32). The number of carbonyl (C=O) groups is 5. The summed E-state index contributed by atoms with van der Waals surface area (Å²) in [5, 5.41) is 35.0. The molecule has 0 aliphatic heterocycles. The van der Waals surface area contributed by atoms with E-state index in [1.54, 1.807) is 27.7 Å². The first-order valence-corrected chi connectivity index (χ1v) is 10.5. The molecular weight excluding hydrogens is 424 g/mol. The number of aliphatic hydroxyl groups is 1. The highest BCUT2D eigenvalue weighted by molar-refractivity contribution is 5.94. The molecular formula is C20H36N4O8. The number of aliphatic hydroxyl groups excluding tert-OH is 1. The van der Waals surface area contributed by atoms with E-state index in [0.29, 0.717) is 6.42 Å². The molecule has 12 nitrogen and oxygen atoms in total. The van der Waals surface area contributed by atoms with Crippen molar-refractivity contribution in [1.29, 1.82) is 0 Å². The van der Waals surface area contributed by atoms with Crippen LogP contribution in [0.5, 0.6) is 0 Å². The molecule has 0 aliphatic carbocycles. The van der Waals surface area contributed by atoms with Crippen LogP contribution in [0.25, 0.3) is 0 Å². The Hall–Kier alpha value is -2.73. The Morgan fingerprint density at radius 2 is 1.38 bits per heavy atom. The van der Waals surface area contributed by atoms with Crippen molar-refractivity contribution < 1.29 is 39.3 Å². The molecule has 3 amide bonds. The van der Waals surface area contributed by atoms with Crippen LogP contribution in [-0.2, 0) is 24.0 Å². The maximum absolute atomic E-state index is 12.9. The van der Waals surface area contributed by atoms with Gasteiger partial charge in [-0.15, -0.1) is 0 Å². The molecule has 0 rings (SSSR count). The van der Waals surface area contributed by atoms with Gasteiger partial charge in [-0.1, -0.05) is 34.1 Å². The zero-order valence-corrected chi connectivity index (χ0v) is 19.1. The summed E-state index contributed by atoms with van der Waals surface area (Å²) in [6, 6.07) is -4.96. The molecule has 0 spiro atoms. The van der Waals surface area contributed by atoms with Crippen LogP contribution in [0.4, 0.5) is 0 Å². The first-order chi connectivity index (χ1) is 14.7. The van der Waals surface area contributed by atoms with Gasteiger partial charge in [-0.2, -0.15) is 0 Å². The lowest BCUT2D eigenvalue weighted by molar-refractivity contribution is -0.144. The predicted molar refractivity (Wildman–Crippen MR) is 114 cm³/mol. The lowest BCUT2D eigenvalue weighted by Crippen LogP contribution is -2.59. The lowest BCUT2D eigenvalue weighted by Gasteiger charge is -2.28. The van der Waals surface area contributed by atoms with Gasteiger partial charge in [-0.3, -0.25) is 19.2 Å². The number of rotatable bonds is 14. The minimum atomic E-state index is -1.34. The second kappa shape index (κ2) is 13.6. The molecule has 12 heteroatoms. The Morgan fingerprint density at radius 3 is 1.78 bits per heavy atom. The Labute approximate surface area is 187 Å². The Bertz CT molecular complexity index is 683. The van der Waals surface area contributed by atoms with Crippen molar-refractivity contribution in [2.75, 3.05) is 0 Å². The topological polar surface area (TPSA) is 208 Å². The average Bonchev–Trinajstić information content (AvgIpc) is 2.70. The van der Waals surface area contributed by atoms with Crippen molar-refractivity contribution in [1.82, 2.24) is 16.0 Å². The fourth-order valence-corrected chi connectivity index (χ4v) is 2.74. The first-order valence-electron chi connectivity index (χ1n) is 10.5.